The van der Waals surface area contributed by atoms with Gasteiger partial charge in [-0.05, 0) is 24.3 Å². The zero-order valence-corrected chi connectivity index (χ0v) is 13.8. The van der Waals surface area contributed by atoms with Crippen molar-refractivity contribution in [1.82, 2.24) is 0 Å². The molecule has 0 spiro atoms. The van der Waals surface area contributed by atoms with Crippen molar-refractivity contribution in [2.24, 2.45) is 0 Å². The Morgan fingerprint density at radius 2 is 1.62 bits per heavy atom. The van der Waals surface area contributed by atoms with Crippen LogP contribution < -0.4 is 14.2 Å². The second-order valence-electron chi connectivity index (χ2n) is 5.14. The normalized spacial score (nSPS) is 11.7. The van der Waals surface area contributed by atoms with Gasteiger partial charge in [-0.25, -0.2) is 0 Å². The number of hydrogen-bond acceptors (Lipinski definition) is 6. The van der Waals surface area contributed by atoms with E-state index in [1.165, 1.54) is 27.4 Å². The third kappa shape index (κ3) is 3.78. The van der Waals surface area contributed by atoms with E-state index < -0.39 is 11.9 Å². The van der Waals surface area contributed by atoms with Crippen molar-refractivity contribution in [2.45, 2.75) is 12.5 Å². The fourth-order valence-electron chi connectivity index (χ4n) is 2.34. The summed E-state index contributed by atoms with van der Waals surface area (Å²) in [6, 6.07) is 9.43. The van der Waals surface area contributed by atoms with Crippen molar-refractivity contribution in [3.8, 4) is 23.0 Å². The van der Waals surface area contributed by atoms with E-state index in [-0.39, 0.29) is 12.2 Å². The van der Waals surface area contributed by atoms with Crippen molar-refractivity contribution in [3.05, 3.63) is 47.5 Å². The number of phenols is 1. The minimum absolute atomic E-state index is 0.0795. The molecule has 0 fully saturated rings. The molecule has 2 aromatic carbocycles. The van der Waals surface area contributed by atoms with Gasteiger partial charge < -0.3 is 24.4 Å². The molecule has 0 aliphatic heterocycles. The number of aliphatic hydroxyl groups excluding tert-OH is 1. The smallest absolute Gasteiger partial charge is 0.191 e. The summed E-state index contributed by atoms with van der Waals surface area (Å²) in [5.74, 6) is 0.829. The Morgan fingerprint density at radius 3 is 2.17 bits per heavy atom. The van der Waals surface area contributed by atoms with Gasteiger partial charge in [0.25, 0.3) is 0 Å². The average Bonchev–Trinajstić information content (AvgIpc) is 2.62. The Bertz CT molecular complexity index is 708. The maximum atomic E-state index is 12.3. The van der Waals surface area contributed by atoms with Crippen molar-refractivity contribution in [3.63, 3.8) is 0 Å². The summed E-state index contributed by atoms with van der Waals surface area (Å²) >= 11 is 0. The van der Waals surface area contributed by atoms with Crippen LogP contribution in [0.15, 0.2) is 36.4 Å². The Kier molecular flexibility index (Phi) is 5.65. The predicted octanol–water partition coefficient (Wildman–Crippen LogP) is 2.20. The second kappa shape index (κ2) is 7.70. The summed E-state index contributed by atoms with van der Waals surface area (Å²) in [7, 11) is 4.44. The average molecular weight is 332 g/mol. The van der Waals surface area contributed by atoms with Crippen LogP contribution in [0.3, 0.4) is 0 Å². The van der Waals surface area contributed by atoms with E-state index in [1.807, 2.05) is 0 Å². The number of ether oxygens (including phenoxy) is 3. The maximum Gasteiger partial charge on any atom is 0.191 e. The Morgan fingerprint density at radius 1 is 1.00 bits per heavy atom. The zero-order valence-electron chi connectivity index (χ0n) is 13.8. The van der Waals surface area contributed by atoms with Crippen LogP contribution in [0.5, 0.6) is 23.0 Å². The van der Waals surface area contributed by atoms with Crippen molar-refractivity contribution in [1.29, 1.82) is 0 Å². The highest BCUT2D eigenvalue weighted by Gasteiger charge is 2.22. The molecule has 0 aliphatic rings. The quantitative estimate of drug-likeness (QED) is 0.756. The molecule has 2 rings (SSSR count). The molecule has 0 amide bonds. The van der Waals surface area contributed by atoms with Gasteiger partial charge in [0.05, 0.1) is 21.3 Å². The fraction of sp³-hybridized carbons (Fsp3) is 0.278. The number of phenolic OH excluding ortho intramolecular Hbond substituents is 1. The molecule has 128 valence electrons. The first-order valence-electron chi connectivity index (χ1n) is 7.30. The summed E-state index contributed by atoms with van der Waals surface area (Å²) in [5, 5.41) is 20.3. The van der Waals surface area contributed by atoms with Gasteiger partial charge in [-0.2, -0.15) is 0 Å². The summed E-state index contributed by atoms with van der Waals surface area (Å²) in [5.41, 5.74) is 0.697. The molecule has 24 heavy (non-hydrogen) atoms. The van der Waals surface area contributed by atoms with Crippen molar-refractivity contribution < 1.29 is 29.2 Å². The molecular formula is C18H20O6. The van der Waals surface area contributed by atoms with Gasteiger partial charge in [0.1, 0.15) is 29.1 Å². The van der Waals surface area contributed by atoms with Crippen LogP contribution in [0.4, 0.5) is 0 Å². The fourth-order valence-corrected chi connectivity index (χ4v) is 2.34. The number of methoxy groups -OCH3 is 3. The lowest BCUT2D eigenvalue weighted by molar-refractivity contribution is 0.0746. The number of rotatable bonds is 7. The molecular weight excluding hydrogens is 312 g/mol. The molecule has 1 atom stereocenters. The van der Waals surface area contributed by atoms with E-state index in [0.29, 0.717) is 28.4 Å². The lowest BCUT2D eigenvalue weighted by Crippen LogP contribution is -2.23. The third-order valence-corrected chi connectivity index (χ3v) is 3.69. The van der Waals surface area contributed by atoms with Gasteiger partial charge in [0.15, 0.2) is 5.78 Å². The highest BCUT2D eigenvalue weighted by Crippen LogP contribution is 2.34. The van der Waals surface area contributed by atoms with Crippen LogP contribution >= 0.6 is 0 Å². The van der Waals surface area contributed by atoms with Crippen molar-refractivity contribution in [2.75, 3.05) is 21.3 Å². The van der Waals surface area contributed by atoms with Gasteiger partial charge in [-0.1, -0.05) is 0 Å². The second-order valence-corrected chi connectivity index (χ2v) is 5.14. The topological polar surface area (TPSA) is 85.2 Å². The molecule has 0 heterocycles. The van der Waals surface area contributed by atoms with E-state index in [4.69, 9.17) is 14.2 Å². The first-order chi connectivity index (χ1) is 11.5. The van der Waals surface area contributed by atoms with E-state index in [0.717, 1.165) is 0 Å². The van der Waals surface area contributed by atoms with Gasteiger partial charge in [0.2, 0.25) is 0 Å². The van der Waals surface area contributed by atoms with Gasteiger partial charge in [-0.3, -0.25) is 4.79 Å². The molecule has 1 unspecified atom stereocenters. The van der Waals surface area contributed by atoms with Crippen LogP contribution in [-0.2, 0) is 6.42 Å². The Balaban J connectivity index is 2.22. The first-order valence-corrected chi connectivity index (χ1v) is 7.30. The van der Waals surface area contributed by atoms with Crippen LogP contribution in [0.1, 0.15) is 15.9 Å². The number of hydrogen-bond donors (Lipinski definition) is 2. The summed E-state index contributed by atoms with van der Waals surface area (Å²) in [4.78, 5) is 12.3. The van der Waals surface area contributed by atoms with Gasteiger partial charge in [0, 0.05) is 29.7 Å². The number of aromatic hydroxyl groups is 1. The highest BCUT2D eigenvalue weighted by atomic mass is 16.5. The van der Waals surface area contributed by atoms with Crippen LogP contribution in [-0.4, -0.2) is 43.4 Å². The Labute approximate surface area is 140 Å². The van der Waals surface area contributed by atoms with Crippen molar-refractivity contribution >= 4 is 5.78 Å². The number of ketones is 1. The predicted molar refractivity (Wildman–Crippen MR) is 88.2 cm³/mol. The van der Waals surface area contributed by atoms with Gasteiger partial charge in [-0.15, -0.1) is 0 Å². The Hall–Kier alpha value is -2.73. The zero-order chi connectivity index (χ0) is 17.7. The lowest BCUT2D eigenvalue weighted by Gasteiger charge is -2.15. The molecule has 0 radical (unpaired) electrons. The molecule has 2 N–H and O–H groups in total. The van der Waals surface area contributed by atoms with Crippen LogP contribution in [0, 0.1) is 0 Å². The number of benzene rings is 2. The molecule has 6 nitrogen and oxygen atoms in total. The maximum absolute atomic E-state index is 12.3. The van der Waals surface area contributed by atoms with E-state index in [9.17, 15) is 15.0 Å². The number of aliphatic hydroxyl groups is 1. The molecule has 2 aromatic rings. The number of carbonyl (C=O) groups is 1. The standard InChI is InChI=1S/C18H20O6/c1-22-12-6-4-11(5-7-12)18(21)16(20)10-14-15(19)8-13(23-2)9-17(14)24-3/h4-9,16,19-20H,10H2,1-3H3. The van der Waals surface area contributed by atoms with Crippen LogP contribution in [0.2, 0.25) is 0 Å². The monoisotopic (exact) mass is 332 g/mol. The highest BCUT2D eigenvalue weighted by molar-refractivity contribution is 5.99. The molecule has 0 aliphatic carbocycles. The van der Waals surface area contributed by atoms with Crippen LogP contribution in [0.25, 0.3) is 0 Å². The van der Waals surface area contributed by atoms with E-state index >= 15 is 0 Å². The molecule has 0 saturated heterocycles. The number of carbonyl (C=O) groups excluding carboxylic acids is 1. The van der Waals surface area contributed by atoms with E-state index in [1.54, 1.807) is 30.3 Å². The SMILES string of the molecule is COc1ccc(C(=O)C(O)Cc2c(O)cc(OC)cc2OC)cc1. The molecule has 0 bridgehead atoms. The number of Topliss-reactive ketones (excluding diaryl/α,β-unsaturated/α-hetero) is 1. The summed E-state index contributed by atoms with van der Waals surface area (Å²) in [6.07, 6.45) is -1.39. The van der Waals surface area contributed by atoms with E-state index in [2.05, 4.69) is 0 Å². The molecule has 0 aromatic heterocycles. The minimum atomic E-state index is -1.31. The molecule has 0 saturated carbocycles. The molecule has 6 heteroatoms. The summed E-state index contributed by atoms with van der Waals surface area (Å²) < 4.78 is 15.3. The third-order valence-electron chi connectivity index (χ3n) is 3.69. The minimum Gasteiger partial charge on any atom is -0.507 e. The van der Waals surface area contributed by atoms with Gasteiger partial charge >= 0.3 is 0 Å². The summed E-state index contributed by atoms with van der Waals surface area (Å²) in [6.45, 7) is 0. The lowest BCUT2D eigenvalue weighted by atomic mass is 9.98. The largest absolute Gasteiger partial charge is 0.507 e. The first kappa shape index (κ1) is 17.6.